The zero-order valence-electron chi connectivity index (χ0n) is 11.2. The van der Waals surface area contributed by atoms with Gasteiger partial charge >= 0.3 is 0 Å². The van der Waals surface area contributed by atoms with Crippen molar-refractivity contribution in [1.82, 2.24) is 4.90 Å². The maximum atomic E-state index is 4.32. The summed E-state index contributed by atoms with van der Waals surface area (Å²) in [5, 5.41) is 1.08. The predicted octanol–water partition coefficient (Wildman–Crippen LogP) is 4.11. The highest BCUT2D eigenvalue weighted by Crippen LogP contribution is 2.21. The van der Waals surface area contributed by atoms with Crippen LogP contribution in [0.1, 0.15) is 13.8 Å². The van der Waals surface area contributed by atoms with E-state index < -0.39 is 0 Å². The van der Waals surface area contributed by atoms with Gasteiger partial charge in [-0.05, 0) is 62.7 Å². The highest BCUT2D eigenvalue weighted by Gasteiger charge is 2.13. The molecule has 0 saturated heterocycles. The van der Waals surface area contributed by atoms with Crippen LogP contribution in [-0.4, -0.2) is 37.1 Å². The normalized spacial score (nSPS) is 15.7. The summed E-state index contributed by atoms with van der Waals surface area (Å²) in [6.45, 7) is 8.20. The fourth-order valence-electron chi connectivity index (χ4n) is 0.976. The second-order valence-electron chi connectivity index (χ2n) is 3.78. The van der Waals surface area contributed by atoms with Crippen LogP contribution in [-0.2, 0) is 0 Å². The lowest BCUT2D eigenvalue weighted by Crippen LogP contribution is -2.31. The van der Waals surface area contributed by atoms with Crippen molar-refractivity contribution in [2.45, 2.75) is 19.9 Å². The molecule has 0 saturated carbocycles. The summed E-state index contributed by atoms with van der Waals surface area (Å²) >= 11 is 3.92. The van der Waals surface area contributed by atoms with Gasteiger partial charge < -0.3 is 4.90 Å². The average Bonchev–Trinajstić information content (AvgIpc) is 2.31. The number of thioether (sulfide) groups is 1. The quantitative estimate of drug-likeness (QED) is 0.316. The molecule has 0 radical (unpaired) electrons. The molecular formula is C13H21IN2S. The first-order valence-corrected chi connectivity index (χ1v) is 7.31. The van der Waals surface area contributed by atoms with E-state index in [1.807, 2.05) is 20.0 Å². The maximum Gasteiger partial charge on any atom is 0.0889 e. The molecule has 96 valence electrons. The van der Waals surface area contributed by atoms with E-state index in [2.05, 4.69) is 72.2 Å². The summed E-state index contributed by atoms with van der Waals surface area (Å²) in [5.74, 6) is 0. The largest absolute Gasteiger partial charge is 0.301 e. The van der Waals surface area contributed by atoms with Crippen molar-refractivity contribution in [2.24, 2.45) is 4.99 Å². The number of hydrogen-bond acceptors (Lipinski definition) is 3. The number of halogens is 1. The van der Waals surface area contributed by atoms with E-state index in [-0.39, 0.29) is 0 Å². The van der Waals surface area contributed by atoms with Gasteiger partial charge in [0.2, 0.25) is 0 Å². The summed E-state index contributed by atoms with van der Waals surface area (Å²) in [7, 11) is 5.94. The molecule has 0 rings (SSSR count). The lowest BCUT2D eigenvalue weighted by Gasteiger charge is -2.21. The molecule has 0 aliphatic carbocycles. The van der Waals surface area contributed by atoms with Gasteiger partial charge in [0.25, 0.3) is 0 Å². The molecule has 0 aromatic rings. The van der Waals surface area contributed by atoms with Gasteiger partial charge in [0.15, 0.2) is 0 Å². The lowest BCUT2D eigenvalue weighted by atomic mass is 10.3. The van der Waals surface area contributed by atoms with E-state index in [1.165, 1.54) is 3.58 Å². The van der Waals surface area contributed by atoms with Gasteiger partial charge in [0.1, 0.15) is 0 Å². The topological polar surface area (TPSA) is 15.6 Å². The van der Waals surface area contributed by atoms with Crippen LogP contribution in [0.2, 0.25) is 0 Å². The third-order valence-corrected chi connectivity index (χ3v) is 4.41. The van der Waals surface area contributed by atoms with Gasteiger partial charge in [-0.15, -0.1) is 0 Å². The molecule has 0 aromatic carbocycles. The number of allylic oxidation sites excluding steroid dienone is 4. The Labute approximate surface area is 123 Å². The second kappa shape index (κ2) is 8.94. The van der Waals surface area contributed by atoms with Crippen LogP contribution in [0.25, 0.3) is 0 Å². The van der Waals surface area contributed by atoms with E-state index in [0.29, 0.717) is 6.04 Å². The molecule has 0 fully saturated rings. The number of aliphatic imine (C=N–C) groups is 1. The van der Waals surface area contributed by atoms with Gasteiger partial charge in [-0.25, -0.2) is 0 Å². The van der Waals surface area contributed by atoms with Gasteiger partial charge in [-0.3, -0.25) is 4.99 Å². The molecular weight excluding hydrogens is 343 g/mol. The highest BCUT2D eigenvalue weighted by molar-refractivity contribution is 14.1. The smallest absolute Gasteiger partial charge is 0.0889 e. The van der Waals surface area contributed by atoms with Crippen LogP contribution in [0, 0.1) is 0 Å². The molecule has 1 atom stereocenters. The second-order valence-corrected chi connectivity index (χ2v) is 6.17. The van der Waals surface area contributed by atoms with Crippen LogP contribution in [0.5, 0.6) is 0 Å². The van der Waals surface area contributed by atoms with Crippen molar-refractivity contribution in [3.63, 3.8) is 0 Å². The third-order valence-electron chi connectivity index (χ3n) is 2.29. The first kappa shape index (κ1) is 16.9. The number of hydrogen-bond donors (Lipinski definition) is 0. The number of rotatable bonds is 5. The zero-order chi connectivity index (χ0) is 13.4. The predicted molar refractivity (Wildman–Crippen MR) is 90.2 cm³/mol. The molecule has 0 aliphatic heterocycles. The van der Waals surface area contributed by atoms with E-state index >= 15 is 0 Å². The van der Waals surface area contributed by atoms with Crippen LogP contribution in [0.4, 0.5) is 0 Å². The van der Waals surface area contributed by atoms with E-state index in [1.54, 1.807) is 11.8 Å². The molecule has 17 heavy (non-hydrogen) atoms. The first-order chi connectivity index (χ1) is 7.92. The SMILES string of the molecule is C=C(/C=C\C(I)=C/C)SC(=NC)C(C)N(C)C. The monoisotopic (exact) mass is 364 g/mol. The van der Waals surface area contributed by atoms with Gasteiger partial charge in [0.05, 0.1) is 11.1 Å². The molecule has 0 spiro atoms. The van der Waals surface area contributed by atoms with Gasteiger partial charge in [0, 0.05) is 15.5 Å². The Hall–Kier alpha value is -0.0700. The molecule has 0 aliphatic rings. The van der Waals surface area contributed by atoms with Crippen LogP contribution in [0.15, 0.2) is 38.3 Å². The minimum Gasteiger partial charge on any atom is -0.301 e. The van der Waals surface area contributed by atoms with Crippen LogP contribution in [0.3, 0.4) is 0 Å². The van der Waals surface area contributed by atoms with E-state index in [0.717, 1.165) is 9.95 Å². The molecule has 0 amide bonds. The van der Waals surface area contributed by atoms with Crippen molar-refractivity contribution in [3.05, 3.63) is 33.3 Å². The van der Waals surface area contributed by atoms with Crippen molar-refractivity contribution in [1.29, 1.82) is 0 Å². The van der Waals surface area contributed by atoms with Crippen LogP contribution >= 0.6 is 34.4 Å². The Morgan fingerprint density at radius 1 is 1.41 bits per heavy atom. The summed E-state index contributed by atoms with van der Waals surface area (Å²) in [5.41, 5.74) is 0. The standard InChI is InChI=1S/C13H21IN2S/c1-7-12(14)9-8-10(2)17-13(15-4)11(3)16(5)6/h7-9,11H,2H2,1,3-6H3/b9-8-,12-7+,15-13?. The summed E-state index contributed by atoms with van der Waals surface area (Å²) < 4.78 is 1.21. The van der Waals surface area contributed by atoms with Crippen molar-refractivity contribution in [2.75, 3.05) is 21.1 Å². The molecule has 4 heteroatoms. The molecule has 2 nitrogen and oxygen atoms in total. The Kier molecular flexibility index (Phi) is 8.90. The minimum absolute atomic E-state index is 0.316. The van der Waals surface area contributed by atoms with Crippen molar-refractivity contribution < 1.29 is 0 Å². The first-order valence-electron chi connectivity index (χ1n) is 5.42. The zero-order valence-corrected chi connectivity index (χ0v) is 14.2. The molecule has 0 aromatic heterocycles. The fourth-order valence-corrected chi connectivity index (χ4v) is 2.03. The maximum absolute atomic E-state index is 4.32. The van der Waals surface area contributed by atoms with E-state index in [9.17, 15) is 0 Å². The highest BCUT2D eigenvalue weighted by atomic mass is 127. The number of nitrogens with zero attached hydrogens (tertiary/aromatic N) is 2. The Morgan fingerprint density at radius 3 is 2.41 bits per heavy atom. The van der Waals surface area contributed by atoms with Crippen molar-refractivity contribution in [3.8, 4) is 0 Å². The average molecular weight is 364 g/mol. The fraction of sp³-hybridized carbons (Fsp3) is 0.462. The Morgan fingerprint density at radius 2 is 2.00 bits per heavy atom. The molecule has 0 bridgehead atoms. The van der Waals surface area contributed by atoms with Gasteiger partial charge in [-0.2, -0.15) is 0 Å². The Bertz CT molecular complexity index is 343. The summed E-state index contributed by atoms with van der Waals surface area (Å²) in [6, 6.07) is 0.316. The third kappa shape index (κ3) is 7.06. The Balaban J connectivity index is 4.52. The molecule has 0 N–H and O–H groups in total. The van der Waals surface area contributed by atoms with Gasteiger partial charge in [-0.1, -0.05) is 24.4 Å². The van der Waals surface area contributed by atoms with E-state index in [4.69, 9.17) is 0 Å². The van der Waals surface area contributed by atoms with Crippen LogP contribution < -0.4 is 0 Å². The minimum atomic E-state index is 0.316. The molecule has 1 unspecified atom stereocenters. The summed E-state index contributed by atoms with van der Waals surface area (Å²) in [4.78, 5) is 7.47. The van der Waals surface area contributed by atoms with Crippen molar-refractivity contribution >= 4 is 39.4 Å². The summed E-state index contributed by atoms with van der Waals surface area (Å²) in [6.07, 6.45) is 6.15. The molecule has 0 heterocycles. The lowest BCUT2D eigenvalue weighted by molar-refractivity contribution is 0.384.